The highest BCUT2D eigenvalue weighted by Crippen LogP contribution is 2.24. The summed E-state index contributed by atoms with van der Waals surface area (Å²) in [7, 11) is 0. The van der Waals surface area contributed by atoms with Gasteiger partial charge >= 0.3 is 5.97 Å². The molecule has 0 aliphatic rings. The van der Waals surface area contributed by atoms with Gasteiger partial charge in [-0.15, -0.1) is 11.8 Å². The molecular formula is C19H21NO3S. The lowest BCUT2D eigenvalue weighted by atomic mass is 10.1. The summed E-state index contributed by atoms with van der Waals surface area (Å²) in [5, 5.41) is 2.92. The molecule has 0 atom stereocenters. The van der Waals surface area contributed by atoms with Crippen LogP contribution in [0.2, 0.25) is 0 Å². The van der Waals surface area contributed by atoms with Gasteiger partial charge in [-0.2, -0.15) is 0 Å². The fourth-order valence-corrected chi connectivity index (χ4v) is 3.07. The zero-order valence-electron chi connectivity index (χ0n) is 14.1. The number of esters is 1. The van der Waals surface area contributed by atoms with E-state index in [1.807, 2.05) is 31.2 Å². The Morgan fingerprint density at radius 2 is 1.88 bits per heavy atom. The molecule has 0 radical (unpaired) electrons. The van der Waals surface area contributed by atoms with Crippen molar-refractivity contribution in [3.05, 3.63) is 59.2 Å². The number of carbonyl (C=O) groups excluding carboxylic acids is 2. The monoisotopic (exact) mass is 343 g/mol. The van der Waals surface area contributed by atoms with E-state index in [0.717, 1.165) is 16.2 Å². The van der Waals surface area contributed by atoms with Gasteiger partial charge in [0.2, 0.25) is 0 Å². The van der Waals surface area contributed by atoms with Crippen LogP contribution in [0.4, 0.5) is 5.69 Å². The minimum Gasteiger partial charge on any atom is -0.462 e. The molecule has 2 aromatic carbocycles. The van der Waals surface area contributed by atoms with Crippen molar-refractivity contribution in [3.8, 4) is 0 Å². The topological polar surface area (TPSA) is 55.4 Å². The number of thioether (sulfide) groups is 1. The average molecular weight is 343 g/mol. The second-order valence-electron chi connectivity index (χ2n) is 5.13. The molecule has 24 heavy (non-hydrogen) atoms. The number of anilines is 1. The number of hydrogen-bond acceptors (Lipinski definition) is 4. The smallest absolute Gasteiger partial charge is 0.338 e. The number of hydrogen-bond donors (Lipinski definition) is 1. The molecule has 0 aliphatic heterocycles. The molecule has 2 rings (SSSR count). The maximum Gasteiger partial charge on any atom is 0.338 e. The second-order valence-corrected chi connectivity index (χ2v) is 6.44. The highest BCUT2D eigenvalue weighted by Gasteiger charge is 2.14. The summed E-state index contributed by atoms with van der Waals surface area (Å²) in [6, 6.07) is 12.7. The first-order valence-corrected chi connectivity index (χ1v) is 8.86. The molecule has 0 fully saturated rings. The molecule has 0 unspecified atom stereocenters. The van der Waals surface area contributed by atoms with E-state index in [2.05, 4.69) is 12.2 Å². The number of benzene rings is 2. The van der Waals surface area contributed by atoms with Crippen LogP contribution in [-0.4, -0.2) is 24.2 Å². The van der Waals surface area contributed by atoms with Gasteiger partial charge in [0.25, 0.3) is 5.91 Å². The summed E-state index contributed by atoms with van der Waals surface area (Å²) in [5.41, 5.74) is 2.63. The van der Waals surface area contributed by atoms with E-state index >= 15 is 0 Å². The Hall–Kier alpha value is -2.27. The van der Waals surface area contributed by atoms with E-state index in [1.54, 1.807) is 36.9 Å². The zero-order chi connectivity index (χ0) is 17.5. The number of ether oxygens (including phenoxy) is 1. The van der Waals surface area contributed by atoms with E-state index < -0.39 is 0 Å². The van der Waals surface area contributed by atoms with Crippen LogP contribution in [0.3, 0.4) is 0 Å². The van der Waals surface area contributed by atoms with Gasteiger partial charge in [-0.3, -0.25) is 4.79 Å². The highest BCUT2D eigenvalue weighted by atomic mass is 32.2. The lowest BCUT2D eigenvalue weighted by Gasteiger charge is -2.12. The van der Waals surface area contributed by atoms with E-state index in [9.17, 15) is 9.59 Å². The minimum absolute atomic E-state index is 0.154. The van der Waals surface area contributed by atoms with Crippen LogP contribution in [0.15, 0.2) is 47.4 Å². The van der Waals surface area contributed by atoms with Gasteiger partial charge in [0.15, 0.2) is 0 Å². The molecule has 2 aromatic rings. The van der Waals surface area contributed by atoms with Crippen LogP contribution in [-0.2, 0) is 4.74 Å². The number of rotatable bonds is 6. The fraction of sp³-hybridized carbons (Fsp3) is 0.263. The van der Waals surface area contributed by atoms with E-state index in [1.165, 1.54) is 0 Å². The fourth-order valence-electron chi connectivity index (χ4n) is 2.27. The van der Waals surface area contributed by atoms with Crippen molar-refractivity contribution in [1.29, 1.82) is 0 Å². The molecule has 0 spiro atoms. The molecule has 4 nitrogen and oxygen atoms in total. The van der Waals surface area contributed by atoms with Crippen molar-refractivity contribution in [2.24, 2.45) is 0 Å². The van der Waals surface area contributed by atoms with Crippen molar-refractivity contribution in [2.75, 3.05) is 17.7 Å². The summed E-state index contributed by atoms with van der Waals surface area (Å²) in [4.78, 5) is 25.3. The molecule has 0 saturated heterocycles. The van der Waals surface area contributed by atoms with Crippen LogP contribution >= 0.6 is 11.8 Å². The molecule has 1 N–H and O–H groups in total. The van der Waals surface area contributed by atoms with Crippen molar-refractivity contribution in [3.63, 3.8) is 0 Å². The predicted molar refractivity (Wildman–Crippen MR) is 97.9 cm³/mol. The molecule has 0 heterocycles. The van der Waals surface area contributed by atoms with Crippen LogP contribution < -0.4 is 5.32 Å². The van der Waals surface area contributed by atoms with Crippen LogP contribution in [0.25, 0.3) is 0 Å². The van der Waals surface area contributed by atoms with Gasteiger partial charge in [0.1, 0.15) is 0 Å². The Bertz CT molecular complexity index is 743. The minimum atomic E-state index is -0.358. The third kappa shape index (κ3) is 4.38. The van der Waals surface area contributed by atoms with Gasteiger partial charge in [-0.05, 0) is 55.5 Å². The average Bonchev–Trinajstić information content (AvgIpc) is 2.57. The van der Waals surface area contributed by atoms with Gasteiger partial charge in [-0.25, -0.2) is 4.79 Å². The molecule has 0 aromatic heterocycles. The van der Waals surface area contributed by atoms with E-state index in [4.69, 9.17) is 4.74 Å². The quantitative estimate of drug-likeness (QED) is 0.618. The summed E-state index contributed by atoms with van der Waals surface area (Å²) < 4.78 is 4.99. The standard InChI is InChI=1S/C19H21NO3S/c1-4-23-19(22)14-10-11-16(13(3)12-14)20-18(21)15-8-6-7-9-17(15)24-5-2/h6-12H,4-5H2,1-3H3,(H,20,21). The maximum absolute atomic E-state index is 12.6. The normalized spacial score (nSPS) is 10.3. The number of carbonyl (C=O) groups is 2. The van der Waals surface area contributed by atoms with Crippen LogP contribution in [0, 0.1) is 6.92 Å². The third-order valence-corrected chi connectivity index (χ3v) is 4.37. The second kappa shape index (κ2) is 8.55. The van der Waals surface area contributed by atoms with Crippen molar-refractivity contribution in [2.45, 2.75) is 25.7 Å². The summed E-state index contributed by atoms with van der Waals surface area (Å²) in [6.45, 7) is 6.01. The molecule has 0 saturated carbocycles. The van der Waals surface area contributed by atoms with E-state index in [0.29, 0.717) is 23.4 Å². The highest BCUT2D eigenvalue weighted by molar-refractivity contribution is 7.99. The van der Waals surface area contributed by atoms with Gasteiger partial charge in [-0.1, -0.05) is 19.1 Å². The Morgan fingerprint density at radius 3 is 2.54 bits per heavy atom. The Labute approximate surface area is 146 Å². The van der Waals surface area contributed by atoms with Gasteiger partial charge < -0.3 is 10.1 Å². The van der Waals surface area contributed by atoms with Crippen molar-refractivity contribution < 1.29 is 14.3 Å². The first-order chi connectivity index (χ1) is 11.6. The Kier molecular flexibility index (Phi) is 6.44. The number of aryl methyl sites for hydroxylation is 1. The first kappa shape index (κ1) is 18.1. The largest absolute Gasteiger partial charge is 0.462 e. The number of amides is 1. The SMILES string of the molecule is CCOC(=O)c1ccc(NC(=O)c2ccccc2SCC)c(C)c1. The van der Waals surface area contributed by atoms with Gasteiger partial charge in [0.05, 0.1) is 17.7 Å². The first-order valence-electron chi connectivity index (χ1n) is 7.87. The predicted octanol–water partition coefficient (Wildman–Crippen LogP) is 4.54. The zero-order valence-corrected chi connectivity index (χ0v) is 14.9. The lowest BCUT2D eigenvalue weighted by Crippen LogP contribution is -2.14. The molecule has 1 amide bonds. The summed E-state index contributed by atoms with van der Waals surface area (Å²) in [6.07, 6.45) is 0. The van der Waals surface area contributed by atoms with Crippen molar-refractivity contribution in [1.82, 2.24) is 0 Å². The maximum atomic E-state index is 12.6. The van der Waals surface area contributed by atoms with Crippen LogP contribution in [0.1, 0.15) is 40.1 Å². The Balaban J connectivity index is 2.19. The molecule has 0 aliphatic carbocycles. The molecule has 5 heteroatoms. The van der Waals surface area contributed by atoms with Crippen molar-refractivity contribution >= 4 is 29.3 Å². The lowest BCUT2D eigenvalue weighted by molar-refractivity contribution is 0.0526. The summed E-state index contributed by atoms with van der Waals surface area (Å²) >= 11 is 1.63. The molecule has 0 bridgehead atoms. The Morgan fingerprint density at radius 1 is 1.12 bits per heavy atom. The van der Waals surface area contributed by atoms with E-state index in [-0.39, 0.29) is 11.9 Å². The van der Waals surface area contributed by atoms with Gasteiger partial charge in [0, 0.05) is 10.6 Å². The number of nitrogens with one attached hydrogen (secondary N) is 1. The summed E-state index contributed by atoms with van der Waals surface area (Å²) in [5.74, 6) is 0.388. The third-order valence-electron chi connectivity index (χ3n) is 3.42. The van der Waals surface area contributed by atoms with Crippen LogP contribution in [0.5, 0.6) is 0 Å². The molecular weight excluding hydrogens is 322 g/mol. The molecule has 126 valence electrons.